The van der Waals surface area contributed by atoms with Gasteiger partial charge in [0.15, 0.2) is 0 Å². The summed E-state index contributed by atoms with van der Waals surface area (Å²) in [6.07, 6.45) is 5.90. The van der Waals surface area contributed by atoms with Gasteiger partial charge in [0.2, 0.25) is 0 Å². The quantitative estimate of drug-likeness (QED) is 0.649. The molecule has 0 amide bonds. The number of amidine groups is 1. The molecule has 1 unspecified atom stereocenters. The third-order valence-corrected chi connectivity index (χ3v) is 2.54. The van der Waals surface area contributed by atoms with Crippen LogP contribution in [0.2, 0.25) is 0 Å². The highest BCUT2D eigenvalue weighted by Gasteiger charge is 2.31. The van der Waals surface area contributed by atoms with Gasteiger partial charge in [-0.1, -0.05) is 6.08 Å². The molecule has 0 aromatic carbocycles. The summed E-state index contributed by atoms with van der Waals surface area (Å²) in [7, 11) is 0. The highest BCUT2D eigenvalue weighted by molar-refractivity contribution is 6.02. The lowest BCUT2D eigenvalue weighted by atomic mass is 9.88. The molecule has 0 saturated carbocycles. The van der Waals surface area contributed by atoms with Crippen LogP contribution in [0.25, 0.3) is 0 Å². The fourth-order valence-electron chi connectivity index (χ4n) is 1.62. The summed E-state index contributed by atoms with van der Waals surface area (Å²) in [5.74, 6) is -0.0255. The smallest absolute Gasteiger partial charge is 0.317 e. The molecule has 2 N–H and O–H groups in total. The van der Waals surface area contributed by atoms with Gasteiger partial charge in [-0.3, -0.25) is 9.79 Å². The maximum Gasteiger partial charge on any atom is 0.317 e. The third-order valence-electron chi connectivity index (χ3n) is 2.54. The molecule has 0 radical (unpaired) electrons. The van der Waals surface area contributed by atoms with E-state index in [1.54, 1.807) is 25.3 Å². The summed E-state index contributed by atoms with van der Waals surface area (Å²) in [6, 6.07) is 0. The molecule has 0 aliphatic carbocycles. The molecule has 4 heteroatoms. The first-order valence-corrected chi connectivity index (χ1v) is 4.56. The zero-order valence-electron chi connectivity index (χ0n) is 7.95. The lowest BCUT2D eigenvalue weighted by Crippen LogP contribution is -2.22. The third kappa shape index (κ3) is 1.32. The average molecular weight is 192 g/mol. The van der Waals surface area contributed by atoms with E-state index in [-0.39, 0.29) is 0 Å². The molecule has 0 aromatic rings. The number of carboxylic acid groups (broad SMARTS) is 1. The standard InChI is InChI=1S/C10H12N2O2/c1-10(9(13)14)3-5-12-8-7(6-10)2-4-11-8/h3,5-6H,2,4H2,1H3,(H,11,12)(H,13,14). The molecule has 0 spiro atoms. The monoisotopic (exact) mass is 192 g/mol. The number of hydrogen-bond acceptors (Lipinski definition) is 3. The van der Waals surface area contributed by atoms with E-state index in [2.05, 4.69) is 10.3 Å². The number of nitrogens with zero attached hydrogens (tertiary/aromatic N) is 1. The molecule has 0 aromatic heterocycles. The van der Waals surface area contributed by atoms with Crippen molar-refractivity contribution in [2.75, 3.05) is 6.54 Å². The van der Waals surface area contributed by atoms with Crippen molar-refractivity contribution in [2.24, 2.45) is 10.4 Å². The first-order chi connectivity index (χ1) is 6.62. The minimum absolute atomic E-state index is 0.748. The molecule has 4 nitrogen and oxygen atoms in total. The number of fused-ring (bicyclic) bond motifs is 1. The average Bonchev–Trinajstić information content (AvgIpc) is 2.46. The second-order valence-electron chi connectivity index (χ2n) is 3.72. The lowest BCUT2D eigenvalue weighted by Gasteiger charge is -2.14. The Kier molecular flexibility index (Phi) is 1.91. The normalized spacial score (nSPS) is 29.8. The van der Waals surface area contributed by atoms with Crippen molar-refractivity contribution in [1.82, 2.24) is 5.32 Å². The van der Waals surface area contributed by atoms with E-state index in [1.807, 2.05) is 0 Å². The zero-order valence-corrected chi connectivity index (χ0v) is 7.95. The maximum atomic E-state index is 11.1. The van der Waals surface area contributed by atoms with Crippen LogP contribution in [0.4, 0.5) is 0 Å². The molecule has 2 heterocycles. The van der Waals surface area contributed by atoms with Gasteiger partial charge >= 0.3 is 5.97 Å². The predicted octanol–water partition coefficient (Wildman–Crippen LogP) is 0.923. The van der Waals surface area contributed by atoms with Crippen LogP contribution < -0.4 is 5.32 Å². The van der Waals surface area contributed by atoms with Crippen LogP contribution in [-0.4, -0.2) is 23.5 Å². The van der Waals surface area contributed by atoms with Gasteiger partial charge in [0.25, 0.3) is 0 Å². The molecule has 2 rings (SSSR count). The Balaban J connectivity index is 2.43. The largest absolute Gasteiger partial charge is 0.480 e. The Bertz CT molecular complexity index is 368. The van der Waals surface area contributed by atoms with E-state index in [0.717, 1.165) is 24.4 Å². The van der Waals surface area contributed by atoms with Crippen molar-refractivity contribution in [3.63, 3.8) is 0 Å². The fraction of sp³-hybridized carbons (Fsp3) is 0.400. The van der Waals surface area contributed by atoms with Gasteiger partial charge in [0.05, 0.1) is 0 Å². The molecule has 0 saturated heterocycles. The lowest BCUT2D eigenvalue weighted by molar-refractivity contribution is -0.142. The van der Waals surface area contributed by atoms with Crippen molar-refractivity contribution in [2.45, 2.75) is 13.3 Å². The summed E-state index contributed by atoms with van der Waals surface area (Å²) < 4.78 is 0. The first-order valence-electron chi connectivity index (χ1n) is 4.56. The minimum atomic E-state index is -0.913. The van der Waals surface area contributed by atoms with Crippen molar-refractivity contribution in [1.29, 1.82) is 0 Å². The number of rotatable bonds is 1. The number of aliphatic imine (C=N–C) groups is 1. The second-order valence-corrected chi connectivity index (χ2v) is 3.72. The highest BCUT2D eigenvalue weighted by Crippen LogP contribution is 2.27. The van der Waals surface area contributed by atoms with E-state index in [4.69, 9.17) is 5.11 Å². The van der Waals surface area contributed by atoms with Crippen molar-refractivity contribution in [3.8, 4) is 0 Å². The number of hydrogen-bond donors (Lipinski definition) is 2. The summed E-state index contributed by atoms with van der Waals surface area (Å²) in [5, 5.41) is 12.1. The Hall–Kier alpha value is -1.58. The molecule has 0 fully saturated rings. The summed E-state index contributed by atoms with van der Waals surface area (Å²) in [5.41, 5.74) is 0.0872. The minimum Gasteiger partial charge on any atom is -0.480 e. The summed E-state index contributed by atoms with van der Waals surface area (Å²) in [6.45, 7) is 2.43. The van der Waals surface area contributed by atoms with Gasteiger partial charge < -0.3 is 10.4 Å². The SMILES string of the molecule is CC1(C(=O)O)C=CNC2=NCCC2=C1. The first kappa shape index (κ1) is 8.99. The van der Waals surface area contributed by atoms with Gasteiger partial charge in [-0.25, -0.2) is 0 Å². The Morgan fingerprint density at radius 3 is 3.21 bits per heavy atom. The summed E-state index contributed by atoms with van der Waals surface area (Å²) in [4.78, 5) is 15.3. The van der Waals surface area contributed by atoms with Crippen LogP contribution in [0.1, 0.15) is 13.3 Å². The van der Waals surface area contributed by atoms with Crippen molar-refractivity contribution >= 4 is 11.8 Å². The van der Waals surface area contributed by atoms with E-state index in [1.165, 1.54) is 0 Å². The second kappa shape index (κ2) is 2.97. The Labute approximate surface area is 82.0 Å². The number of carbonyl (C=O) groups is 1. The van der Waals surface area contributed by atoms with E-state index < -0.39 is 11.4 Å². The van der Waals surface area contributed by atoms with Crippen LogP contribution in [0.5, 0.6) is 0 Å². The maximum absolute atomic E-state index is 11.1. The number of nitrogens with one attached hydrogen (secondary N) is 1. The highest BCUT2D eigenvalue weighted by atomic mass is 16.4. The summed E-state index contributed by atoms with van der Waals surface area (Å²) >= 11 is 0. The number of aliphatic carboxylic acids is 1. The van der Waals surface area contributed by atoms with E-state index >= 15 is 0 Å². The van der Waals surface area contributed by atoms with E-state index in [9.17, 15) is 4.79 Å². The topological polar surface area (TPSA) is 61.7 Å². The predicted molar refractivity (Wildman–Crippen MR) is 53.0 cm³/mol. The number of carboxylic acids is 1. The van der Waals surface area contributed by atoms with Gasteiger partial charge in [0, 0.05) is 6.54 Å². The molecule has 74 valence electrons. The van der Waals surface area contributed by atoms with Gasteiger partial charge in [-0.15, -0.1) is 0 Å². The van der Waals surface area contributed by atoms with Crippen molar-refractivity contribution < 1.29 is 9.90 Å². The van der Waals surface area contributed by atoms with Gasteiger partial charge in [-0.2, -0.15) is 0 Å². The van der Waals surface area contributed by atoms with Crippen LogP contribution in [0.3, 0.4) is 0 Å². The van der Waals surface area contributed by atoms with Crippen LogP contribution in [-0.2, 0) is 4.79 Å². The van der Waals surface area contributed by atoms with Gasteiger partial charge in [0.1, 0.15) is 11.3 Å². The molecule has 1 atom stereocenters. The van der Waals surface area contributed by atoms with E-state index in [0.29, 0.717) is 0 Å². The van der Waals surface area contributed by atoms with Gasteiger partial charge in [-0.05, 0) is 31.2 Å². The zero-order chi connectivity index (χ0) is 10.2. The molecule has 14 heavy (non-hydrogen) atoms. The molecule has 0 bridgehead atoms. The van der Waals surface area contributed by atoms with Crippen LogP contribution in [0, 0.1) is 5.41 Å². The Morgan fingerprint density at radius 2 is 2.50 bits per heavy atom. The van der Waals surface area contributed by atoms with Crippen LogP contribution in [0.15, 0.2) is 28.9 Å². The van der Waals surface area contributed by atoms with Crippen LogP contribution >= 0.6 is 0 Å². The molecule has 2 aliphatic heterocycles. The fourth-order valence-corrected chi connectivity index (χ4v) is 1.62. The molecule has 2 aliphatic rings. The molecular weight excluding hydrogens is 180 g/mol. The van der Waals surface area contributed by atoms with Crippen molar-refractivity contribution in [3.05, 3.63) is 23.9 Å². The molecular formula is C10H12N2O2. The Morgan fingerprint density at radius 1 is 1.71 bits per heavy atom.